The fourth-order valence-corrected chi connectivity index (χ4v) is 5.93. The Morgan fingerprint density at radius 3 is 2.44 bits per heavy atom. The van der Waals surface area contributed by atoms with Crippen LogP contribution in [0.3, 0.4) is 0 Å². The summed E-state index contributed by atoms with van der Waals surface area (Å²) in [6.07, 6.45) is 6.45. The number of hydrogen-bond acceptors (Lipinski definition) is 5. The molecule has 9 heteroatoms. The summed E-state index contributed by atoms with van der Waals surface area (Å²) in [7, 11) is 0. The van der Waals surface area contributed by atoms with Crippen LogP contribution < -0.4 is 9.47 Å². The Labute approximate surface area is 213 Å². The van der Waals surface area contributed by atoms with Crippen LogP contribution in [0.4, 0.5) is 4.39 Å². The van der Waals surface area contributed by atoms with E-state index in [1.807, 2.05) is 6.92 Å². The third kappa shape index (κ3) is 3.98. The van der Waals surface area contributed by atoms with E-state index in [1.54, 1.807) is 18.2 Å². The lowest BCUT2D eigenvalue weighted by Gasteiger charge is -2.17. The average molecular weight is 592 g/mol. The number of fused-ring (bicyclic) bond motifs is 5. The number of carbonyl (C=O) groups excluding carboxylic acids is 2. The summed E-state index contributed by atoms with van der Waals surface area (Å²) in [4.78, 5) is 25.8. The third-order valence-corrected chi connectivity index (χ3v) is 8.63. The molecule has 0 unspecified atom stereocenters. The molecular formula is C25H21Br2FN2O4. The zero-order valence-corrected chi connectivity index (χ0v) is 21.4. The van der Waals surface area contributed by atoms with Crippen LogP contribution in [0.15, 0.2) is 56.5 Å². The van der Waals surface area contributed by atoms with Gasteiger partial charge in [-0.15, -0.1) is 0 Å². The van der Waals surface area contributed by atoms with Crippen molar-refractivity contribution in [2.24, 2.45) is 28.8 Å². The van der Waals surface area contributed by atoms with E-state index >= 15 is 0 Å². The molecule has 4 atom stereocenters. The summed E-state index contributed by atoms with van der Waals surface area (Å²) >= 11 is 7.08. The van der Waals surface area contributed by atoms with Gasteiger partial charge in [-0.2, -0.15) is 10.1 Å². The molecule has 5 rings (SSSR count). The molecule has 2 amide bonds. The molecule has 1 aliphatic heterocycles. The number of ether oxygens (including phenoxy) is 2. The van der Waals surface area contributed by atoms with Gasteiger partial charge in [0.15, 0.2) is 11.5 Å². The topological polar surface area (TPSA) is 68.2 Å². The van der Waals surface area contributed by atoms with E-state index in [4.69, 9.17) is 9.47 Å². The molecule has 2 aliphatic carbocycles. The number of amides is 2. The van der Waals surface area contributed by atoms with Crippen LogP contribution in [0, 0.1) is 29.5 Å². The molecule has 1 heterocycles. The van der Waals surface area contributed by atoms with Crippen LogP contribution >= 0.6 is 31.9 Å². The summed E-state index contributed by atoms with van der Waals surface area (Å²) < 4.78 is 26.4. The Bertz CT molecular complexity index is 1200. The van der Waals surface area contributed by atoms with E-state index < -0.39 is 0 Å². The lowest BCUT2D eigenvalue weighted by Crippen LogP contribution is -2.28. The van der Waals surface area contributed by atoms with E-state index in [2.05, 4.69) is 49.1 Å². The van der Waals surface area contributed by atoms with Gasteiger partial charge in [-0.05, 0) is 80.8 Å². The highest BCUT2D eigenvalue weighted by Gasteiger charge is 2.59. The number of carbonyl (C=O) groups is 2. The van der Waals surface area contributed by atoms with Gasteiger partial charge >= 0.3 is 0 Å². The fraction of sp³-hybridized carbons (Fsp3) is 0.320. The Balaban J connectivity index is 1.39. The van der Waals surface area contributed by atoms with Crippen molar-refractivity contribution in [1.82, 2.24) is 5.01 Å². The van der Waals surface area contributed by atoms with Crippen molar-refractivity contribution in [3.8, 4) is 11.5 Å². The normalized spacial score (nSPS) is 25.0. The first-order valence-corrected chi connectivity index (χ1v) is 12.6. The molecule has 0 radical (unpaired) electrons. The molecule has 1 saturated heterocycles. The summed E-state index contributed by atoms with van der Waals surface area (Å²) in [6, 6.07) is 7.90. The smallest absolute Gasteiger partial charge is 0.254 e. The van der Waals surface area contributed by atoms with Gasteiger partial charge in [0.1, 0.15) is 12.4 Å². The Morgan fingerprint density at radius 1 is 1.09 bits per heavy atom. The highest BCUT2D eigenvalue weighted by molar-refractivity contribution is 9.13. The largest absolute Gasteiger partial charge is 0.490 e. The van der Waals surface area contributed by atoms with Crippen molar-refractivity contribution in [1.29, 1.82) is 0 Å². The first kappa shape index (κ1) is 23.2. The van der Waals surface area contributed by atoms with E-state index in [-0.39, 0.29) is 47.9 Å². The second-order valence-corrected chi connectivity index (χ2v) is 10.1. The lowest BCUT2D eigenvalue weighted by atomic mass is 9.85. The molecule has 34 heavy (non-hydrogen) atoms. The van der Waals surface area contributed by atoms with E-state index in [0.717, 1.165) is 11.4 Å². The quantitative estimate of drug-likeness (QED) is 0.243. The molecule has 1 saturated carbocycles. The number of hydrogen-bond donors (Lipinski definition) is 0. The van der Waals surface area contributed by atoms with Crippen LogP contribution in [0.5, 0.6) is 11.5 Å². The highest BCUT2D eigenvalue weighted by Crippen LogP contribution is 2.52. The van der Waals surface area contributed by atoms with Gasteiger partial charge in [-0.3, -0.25) is 9.59 Å². The van der Waals surface area contributed by atoms with Crippen LogP contribution in [-0.4, -0.2) is 29.6 Å². The average Bonchev–Trinajstić information content (AvgIpc) is 3.49. The van der Waals surface area contributed by atoms with Gasteiger partial charge in [-0.1, -0.05) is 24.3 Å². The standard InChI is InChI=1S/C25H21Br2FN2O4/c1-2-33-18-10-16(21(26)22(27)23(18)34-12-13-4-3-5-17(28)8-13)11-29-30-24(31)19-14-6-7-15(9-14)20(19)25(30)32/h3-8,10-11,14-15,19-20H,2,9,12H2,1H3/t14-,15-,19-,20+/m0/s1. The van der Waals surface area contributed by atoms with Crippen LogP contribution in [0.1, 0.15) is 24.5 Å². The van der Waals surface area contributed by atoms with Gasteiger partial charge in [0, 0.05) is 10.0 Å². The Morgan fingerprint density at radius 2 is 1.79 bits per heavy atom. The van der Waals surface area contributed by atoms with Crippen LogP contribution in [0.25, 0.3) is 0 Å². The number of nitrogens with zero attached hydrogens (tertiary/aromatic N) is 2. The van der Waals surface area contributed by atoms with Gasteiger partial charge in [0.05, 0.1) is 29.1 Å². The summed E-state index contributed by atoms with van der Waals surface area (Å²) in [5.41, 5.74) is 1.28. The Kier molecular flexibility index (Phi) is 6.33. The second-order valence-electron chi connectivity index (χ2n) is 8.51. The third-order valence-electron chi connectivity index (χ3n) is 6.49. The van der Waals surface area contributed by atoms with Crippen molar-refractivity contribution in [3.63, 3.8) is 0 Å². The van der Waals surface area contributed by atoms with Crippen molar-refractivity contribution in [3.05, 3.63) is 68.4 Å². The van der Waals surface area contributed by atoms with Gasteiger partial charge in [0.2, 0.25) is 0 Å². The second kappa shape index (κ2) is 9.26. The van der Waals surface area contributed by atoms with Gasteiger partial charge < -0.3 is 9.47 Å². The van der Waals surface area contributed by atoms with E-state index in [9.17, 15) is 14.0 Å². The maximum atomic E-state index is 13.5. The van der Waals surface area contributed by atoms with Gasteiger partial charge in [-0.25, -0.2) is 4.39 Å². The minimum absolute atomic E-state index is 0.131. The molecule has 2 bridgehead atoms. The lowest BCUT2D eigenvalue weighted by molar-refractivity contribution is -0.140. The molecular weight excluding hydrogens is 571 g/mol. The van der Waals surface area contributed by atoms with Crippen molar-refractivity contribution in [2.75, 3.05) is 6.61 Å². The summed E-state index contributed by atoms with van der Waals surface area (Å²) in [5, 5.41) is 5.27. The monoisotopic (exact) mass is 590 g/mol. The Hall–Kier alpha value is -2.52. The molecule has 2 aromatic carbocycles. The molecule has 2 fully saturated rings. The fourth-order valence-electron chi connectivity index (χ4n) is 5.00. The molecule has 0 spiro atoms. The number of rotatable bonds is 7. The predicted molar refractivity (Wildman–Crippen MR) is 131 cm³/mol. The molecule has 0 N–H and O–H groups in total. The molecule has 3 aliphatic rings. The molecule has 2 aromatic rings. The number of benzene rings is 2. The maximum Gasteiger partial charge on any atom is 0.254 e. The van der Waals surface area contributed by atoms with E-state index in [1.165, 1.54) is 18.3 Å². The summed E-state index contributed by atoms with van der Waals surface area (Å²) in [6.45, 7) is 2.39. The highest BCUT2D eigenvalue weighted by atomic mass is 79.9. The number of allylic oxidation sites excluding steroid dienone is 2. The molecule has 176 valence electrons. The first-order valence-electron chi connectivity index (χ1n) is 11.0. The summed E-state index contributed by atoms with van der Waals surface area (Å²) in [5.74, 6) is -0.249. The number of hydrazone groups is 1. The zero-order chi connectivity index (χ0) is 24.0. The van der Waals surface area contributed by atoms with Gasteiger partial charge in [0.25, 0.3) is 11.8 Å². The van der Waals surface area contributed by atoms with Crippen LogP contribution in [-0.2, 0) is 16.2 Å². The SMILES string of the molecule is CCOc1cc(C=NN2C(=O)[C@@H]3[C@H](C2=O)[C@H]2C=C[C@H]3C2)c(Br)c(Br)c1OCc1cccc(F)c1. The number of halogens is 3. The van der Waals surface area contributed by atoms with Crippen molar-refractivity contribution in [2.45, 2.75) is 20.0 Å². The van der Waals surface area contributed by atoms with Crippen molar-refractivity contribution < 1.29 is 23.5 Å². The first-order chi connectivity index (χ1) is 16.4. The maximum absolute atomic E-state index is 13.5. The van der Waals surface area contributed by atoms with E-state index in [0.29, 0.717) is 38.2 Å². The van der Waals surface area contributed by atoms with Crippen molar-refractivity contribution >= 4 is 49.9 Å². The zero-order valence-electron chi connectivity index (χ0n) is 18.2. The predicted octanol–water partition coefficient (Wildman–Crippen LogP) is 5.47. The molecule has 6 nitrogen and oxygen atoms in total. The van der Waals surface area contributed by atoms with Crippen LogP contribution in [0.2, 0.25) is 0 Å². The minimum Gasteiger partial charge on any atom is -0.490 e. The molecule has 0 aromatic heterocycles. The minimum atomic E-state index is -0.336. The number of imide groups is 1.